The molecule has 0 saturated heterocycles. The zero-order valence-corrected chi connectivity index (χ0v) is 22.1. The fraction of sp³-hybridized carbons (Fsp3) is 0.240. The highest BCUT2D eigenvalue weighted by molar-refractivity contribution is 6.32. The summed E-state index contributed by atoms with van der Waals surface area (Å²) in [6.45, 7) is 5.95. The molecule has 0 aliphatic rings. The summed E-state index contributed by atoms with van der Waals surface area (Å²) in [6.07, 6.45) is 1.79. The second kappa shape index (κ2) is 12.4. The van der Waals surface area contributed by atoms with Crippen LogP contribution in [0.3, 0.4) is 0 Å². The van der Waals surface area contributed by atoms with Gasteiger partial charge in [0.25, 0.3) is 0 Å². The molecule has 0 spiro atoms. The zero-order chi connectivity index (χ0) is 24.2. The van der Waals surface area contributed by atoms with Crippen molar-refractivity contribution < 1.29 is 19.7 Å². The van der Waals surface area contributed by atoms with Crippen LogP contribution in [0.4, 0.5) is 11.6 Å². The van der Waals surface area contributed by atoms with Crippen LogP contribution in [0.25, 0.3) is 11.1 Å². The predicted octanol–water partition coefficient (Wildman–Crippen LogP) is 6.03. The van der Waals surface area contributed by atoms with Gasteiger partial charge in [-0.1, -0.05) is 11.6 Å². The van der Waals surface area contributed by atoms with Crippen molar-refractivity contribution in [3.8, 4) is 34.4 Å². The molecular formula is C25H29Cl2N5O4. The van der Waals surface area contributed by atoms with E-state index in [-0.39, 0.29) is 23.9 Å². The van der Waals surface area contributed by atoms with Gasteiger partial charge in [0.2, 0.25) is 5.95 Å². The fourth-order valence-corrected chi connectivity index (χ4v) is 3.56. The summed E-state index contributed by atoms with van der Waals surface area (Å²) in [5.41, 5.74) is 3.71. The molecule has 2 heterocycles. The van der Waals surface area contributed by atoms with E-state index in [1.807, 2.05) is 51.1 Å². The molecule has 0 amide bonds. The van der Waals surface area contributed by atoms with Gasteiger partial charge in [-0.2, -0.15) is 4.98 Å². The maximum Gasteiger partial charge on any atom is 0.322 e. The Bertz CT molecular complexity index is 1310. The lowest BCUT2D eigenvalue weighted by Gasteiger charge is -2.11. The van der Waals surface area contributed by atoms with E-state index in [4.69, 9.17) is 25.8 Å². The number of hydrogen-bond acceptors (Lipinski definition) is 7. The lowest BCUT2D eigenvalue weighted by molar-refractivity contribution is 0.371. The number of hydrogen-bond donors (Lipinski definition) is 1. The lowest BCUT2D eigenvalue weighted by Crippen LogP contribution is -2.05. The predicted molar refractivity (Wildman–Crippen MR) is 144 cm³/mol. The highest BCUT2D eigenvalue weighted by atomic mass is 35.5. The molecule has 0 saturated carbocycles. The van der Waals surface area contributed by atoms with Gasteiger partial charge in [-0.25, -0.2) is 4.68 Å². The number of aromatic nitrogens is 4. The van der Waals surface area contributed by atoms with E-state index in [1.54, 1.807) is 43.3 Å². The molecule has 36 heavy (non-hydrogen) atoms. The van der Waals surface area contributed by atoms with E-state index < -0.39 is 0 Å². The summed E-state index contributed by atoms with van der Waals surface area (Å²) in [6, 6.07) is 15.3. The van der Waals surface area contributed by atoms with E-state index >= 15 is 0 Å². The largest absolute Gasteiger partial charge is 0.497 e. The summed E-state index contributed by atoms with van der Waals surface area (Å²) >= 11 is 6.31. The molecule has 0 atom stereocenters. The number of rotatable bonds is 8. The SMILES string of the molecule is COc1ccc(Cl)c(Oc2nc(Nc3ccc(-c4ccnc(C)c4)c(OC)c3)nn2C(C)C)c1.Cl.O. The molecule has 0 aliphatic heterocycles. The van der Waals surface area contributed by atoms with Gasteiger partial charge in [-0.3, -0.25) is 4.98 Å². The van der Waals surface area contributed by atoms with E-state index in [0.29, 0.717) is 28.5 Å². The van der Waals surface area contributed by atoms with Gasteiger partial charge < -0.3 is 25.0 Å². The van der Waals surface area contributed by atoms with Crippen LogP contribution in [0.15, 0.2) is 54.7 Å². The van der Waals surface area contributed by atoms with Crippen molar-refractivity contribution in [1.29, 1.82) is 0 Å². The summed E-state index contributed by atoms with van der Waals surface area (Å²) < 4.78 is 18.6. The van der Waals surface area contributed by atoms with Crippen LogP contribution in [0, 0.1) is 6.92 Å². The number of methoxy groups -OCH3 is 2. The maximum atomic E-state index is 6.31. The minimum absolute atomic E-state index is 0. The smallest absolute Gasteiger partial charge is 0.322 e. The maximum absolute atomic E-state index is 6.31. The van der Waals surface area contributed by atoms with Crippen molar-refractivity contribution in [2.75, 3.05) is 19.5 Å². The number of nitrogens with zero attached hydrogens (tertiary/aromatic N) is 4. The third kappa shape index (κ3) is 6.37. The molecule has 192 valence electrons. The number of aryl methyl sites for hydroxylation is 1. The third-order valence-electron chi connectivity index (χ3n) is 5.09. The second-order valence-electron chi connectivity index (χ2n) is 7.88. The first-order chi connectivity index (χ1) is 16.4. The Balaban J connectivity index is 0.00000228. The Morgan fingerprint density at radius 3 is 2.42 bits per heavy atom. The first-order valence-electron chi connectivity index (χ1n) is 10.7. The highest BCUT2D eigenvalue weighted by Crippen LogP contribution is 2.35. The van der Waals surface area contributed by atoms with Crippen molar-refractivity contribution in [2.45, 2.75) is 26.8 Å². The van der Waals surface area contributed by atoms with Gasteiger partial charge in [0.05, 0.1) is 25.3 Å². The van der Waals surface area contributed by atoms with Gasteiger partial charge in [-0.15, -0.1) is 17.5 Å². The number of ether oxygens (including phenoxy) is 3. The summed E-state index contributed by atoms with van der Waals surface area (Å²) in [4.78, 5) is 8.80. The van der Waals surface area contributed by atoms with Crippen molar-refractivity contribution in [3.63, 3.8) is 0 Å². The van der Waals surface area contributed by atoms with Crippen LogP contribution in [-0.2, 0) is 0 Å². The minimum Gasteiger partial charge on any atom is -0.497 e. The molecule has 4 aromatic rings. The van der Waals surface area contributed by atoms with Crippen LogP contribution in [0.5, 0.6) is 23.3 Å². The molecule has 0 bridgehead atoms. The van der Waals surface area contributed by atoms with Crippen molar-refractivity contribution in [2.24, 2.45) is 0 Å². The van der Waals surface area contributed by atoms with E-state index in [1.165, 1.54) is 0 Å². The lowest BCUT2D eigenvalue weighted by atomic mass is 10.0. The molecule has 4 rings (SSSR count). The Kier molecular flexibility index (Phi) is 9.92. The summed E-state index contributed by atoms with van der Waals surface area (Å²) in [7, 11) is 3.23. The number of nitrogens with one attached hydrogen (secondary N) is 1. The van der Waals surface area contributed by atoms with Crippen LogP contribution >= 0.6 is 24.0 Å². The Labute approximate surface area is 221 Å². The fourth-order valence-electron chi connectivity index (χ4n) is 3.40. The van der Waals surface area contributed by atoms with Crippen LogP contribution in [0.1, 0.15) is 25.6 Å². The molecule has 3 N–H and O–H groups in total. The van der Waals surface area contributed by atoms with Gasteiger partial charge in [0, 0.05) is 35.3 Å². The molecular weight excluding hydrogens is 505 g/mol. The molecule has 0 fully saturated rings. The second-order valence-corrected chi connectivity index (χ2v) is 8.29. The third-order valence-corrected chi connectivity index (χ3v) is 5.41. The standard InChI is InChI=1S/C25H26ClN5O3.ClH.H2O/c1-15(2)31-25(34-23-14-19(32-4)7-9-21(23)26)29-24(30-31)28-18-6-8-20(22(13-18)33-5)17-10-11-27-16(3)12-17;;/h6-15H,1-5H3,(H,28,30);1H;1H2. The van der Waals surface area contributed by atoms with Gasteiger partial charge in [0.1, 0.15) is 11.5 Å². The topological polar surface area (TPSA) is 115 Å². The van der Waals surface area contributed by atoms with Gasteiger partial charge in [-0.05, 0) is 62.7 Å². The molecule has 11 heteroatoms. The number of halogens is 2. The molecule has 0 aliphatic carbocycles. The number of pyridine rings is 1. The molecule has 2 aromatic carbocycles. The Morgan fingerprint density at radius 1 is 0.972 bits per heavy atom. The Morgan fingerprint density at radius 2 is 1.75 bits per heavy atom. The van der Waals surface area contributed by atoms with Crippen molar-refractivity contribution >= 4 is 35.6 Å². The molecule has 0 radical (unpaired) electrons. The highest BCUT2D eigenvalue weighted by Gasteiger charge is 2.17. The number of anilines is 2. The van der Waals surface area contributed by atoms with Gasteiger partial charge in [0.15, 0.2) is 5.75 Å². The monoisotopic (exact) mass is 533 g/mol. The van der Waals surface area contributed by atoms with Crippen LogP contribution in [-0.4, -0.2) is 39.4 Å². The first kappa shape index (κ1) is 28.7. The molecule has 0 unspecified atom stereocenters. The average molecular weight is 534 g/mol. The average Bonchev–Trinajstić information content (AvgIpc) is 3.22. The Hall–Kier alpha value is -3.53. The van der Waals surface area contributed by atoms with Crippen molar-refractivity contribution in [1.82, 2.24) is 19.7 Å². The van der Waals surface area contributed by atoms with Crippen LogP contribution in [0.2, 0.25) is 5.02 Å². The normalized spacial score (nSPS) is 10.3. The minimum atomic E-state index is 0. The quantitative estimate of drug-likeness (QED) is 0.293. The molecule has 2 aromatic heterocycles. The van der Waals surface area contributed by atoms with Gasteiger partial charge >= 0.3 is 6.01 Å². The number of benzene rings is 2. The van der Waals surface area contributed by atoms with Crippen LogP contribution < -0.4 is 19.5 Å². The summed E-state index contributed by atoms with van der Waals surface area (Å²) in [5.74, 6) is 2.17. The van der Waals surface area contributed by atoms with E-state index in [9.17, 15) is 0 Å². The zero-order valence-electron chi connectivity index (χ0n) is 20.6. The molecule has 9 nitrogen and oxygen atoms in total. The first-order valence-corrected chi connectivity index (χ1v) is 11.1. The van der Waals surface area contributed by atoms with E-state index in [0.717, 1.165) is 28.3 Å². The summed E-state index contributed by atoms with van der Waals surface area (Å²) in [5, 5.41) is 8.25. The van der Waals surface area contributed by atoms with Crippen molar-refractivity contribution in [3.05, 3.63) is 65.4 Å². The van der Waals surface area contributed by atoms with E-state index in [2.05, 4.69) is 20.4 Å².